The summed E-state index contributed by atoms with van der Waals surface area (Å²) in [7, 11) is 0. The van der Waals surface area contributed by atoms with E-state index in [4.69, 9.17) is 27.9 Å². The van der Waals surface area contributed by atoms with Crippen molar-refractivity contribution >= 4 is 61.8 Å². The number of aryl methyl sites for hydroxylation is 2. The molecule has 0 unspecified atom stereocenters. The maximum Gasteiger partial charge on any atom is 0.149 e. The first-order chi connectivity index (χ1) is 15.3. The van der Waals surface area contributed by atoms with Gasteiger partial charge in [0.05, 0.1) is 21.1 Å². The van der Waals surface area contributed by atoms with Crippen molar-refractivity contribution < 1.29 is 4.74 Å². The third kappa shape index (κ3) is 4.83. The summed E-state index contributed by atoms with van der Waals surface area (Å²) in [5, 5.41) is 10.9. The zero-order valence-electron chi connectivity index (χ0n) is 17.3. The standard InChI is InChI=1S/C25H18BrCl2N3O/c1-14-7-22-23(8-15(14)2)31-25(30-22)18(12-29)9-16-3-6-24(20(26)10-16)32-13-17-4-5-19(27)11-21(17)28/h3-11H,13H2,1-2H3,(H,30,31)/b18-9+. The van der Waals surface area contributed by atoms with Crippen LogP contribution in [0.1, 0.15) is 28.1 Å². The molecule has 4 aromatic rings. The van der Waals surface area contributed by atoms with Gasteiger partial charge in [-0.05, 0) is 88.9 Å². The molecule has 0 saturated carbocycles. The molecule has 1 heterocycles. The largest absolute Gasteiger partial charge is 0.488 e. The van der Waals surface area contributed by atoms with Crippen molar-refractivity contribution in [3.8, 4) is 11.8 Å². The molecule has 32 heavy (non-hydrogen) atoms. The zero-order chi connectivity index (χ0) is 22.8. The highest BCUT2D eigenvalue weighted by molar-refractivity contribution is 9.10. The number of hydrogen-bond acceptors (Lipinski definition) is 3. The van der Waals surface area contributed by atoms with E-state index in [9.17, 15) is 5.26 Å². The van der Waals surface area contributed by atoms with Gasteiger partial charge in [0.25, 0.3) is 0 Å². The van der Waals surface area contributed by atoms with Crippen LogP contribution < -0.4 is 4.74 Å². The van der Waals surface area contributed by atoms with E-state index >= 15 is 0 Å². The van der Waals surface area contributed by atoms with Crippen molar-refractivity contribution in [3.05, 3.63) is 91.1 Å². The number of nitrogens with zero attached hydrogens (tertiary/aromatic N) is 2. The molecule has 0 bridgehead atoms. The molecular weight excluding hydrogens is 509 g/mol. The molecule has 4 nitrogen and oxygen atoms in total. The van der Waals surface area contributed by atoms with Crippen LogP contribution in [0.2, 0.25) is 10.0 Å². The average molecular weight is 527 g/mol. The van der Waals surface area contributed by atoms with Crippen molar-refractivity contribution in [2.75, 3.05) is 0 Å². The van der Waals surface area contributed by atoms with E-state index in [-0.39, 0.29) is 0 Å². The van der Waals surface area contributed by atoms with Crippen LogP contribution in [0.4, 0.5) is 0 Å². The van der Waals surface area contributed by atoms with Gasteiger partial charge in [0.15, 0.2) is 0 Å². The minimum atomic E-state index is 0.311. The van der Waals surface area contributed by atoms with Crippen LogP contribution in [0.3, 0.4) is 0 Å². The summed E-state index contributed by atoms with van der Waals surface area (Å²) < 4.78 is 6.67. The highest BCUT2D eigenvalue weighted by Crippen LogP contribution is 2.30. The number of benzene rings is 3. The van der Waals surface area contributed by atoms with E-state index in [2.05, 4.69) is 38.9 Å². The number of nitrogens with one attached hydrogen (secondary N) is 1. The summed E-state index contributed by atoms with van der Waals surface area (Å²) in [6.45, 7) is 4.41. The summed E-state index contributed by atoms with van der Waals surface area (Å²) >= 11 is 15.7. The molecular formula is C25H18BrCl2N3O. The molecule has 3 aromatic carbocycles. The van der Waals surface area contributed by atoms with Gasteiger partial charge < -0.3 is 9.72 Å². The number of halogens is 3. The fraction of sp³-hybridized carbons (Fsp3) is 0.120. The molecule has 0 fully saturated rings. The van der Waals surface area contributed by atoms with Gasteiger partial charge in [0.1, 0.15) is 24.3 Å². The molecule has 160 valence electrons. The Morgan fingerprint density at radius 2 is 1.91 bits per heavy atom. The quantitative estimate of drug-likeness (QED) is 0.269. The number of imidazole rings is 1. The Hall–Kier alpha value is -2.78. The van der Waals surface area contributed by atoms with E-state index in [1.54, 1.807) is 18.2 Å². The molecule has 0 spiro atoms. The lowest BCUT2D eigenvalue weighted by Crippen LogP contribution is -1.97. The Kier molecular flexibility index (Phi) is 6.57. The van der Waals surface area contributed by atoms with Gasteiger partial charge in [-0.15, -0.1) is 0 Å². The molecule has 0 saturated heterocycles. The molecule has 0 radical (unpaired) electrons. The van der Waals surface area contributed by atoms with Crippen LogP contribution in [-0.4, -0.2) is 9.97 Å². The summed E-state index contributed by atoms with van der Waals surface area (Å²) in [4.78, 5) is 7.84. The smallest absolute Gasteiger partial charge is 0.149 e. The Morgan fingerprint density at radius 3 is 2.62 bits per heavy atom. The van der Waals surface area contributed by atoms with Gasteiger partial charge >= 0.3 is 0 Å². The van der Waals surface area contributed by atoms with Crippen molar-refractivity contribution in [1.82, 2.24) is 9.97 Å². The highest BCUT2D eigenvalue weighted by Gasteiger charge is 2.11. The predicted molar refractivity (Wildman–Crippen MR) is 134 cm³/mol. The summed E-state index contributed by atoms with van der Waals surface area (Å²) in [5.74, 6) is 1.21. The monoisotopic (exact) mass is 525 g/mol. The van der Waals surface area contributed by atoms with Gasteiger partial charge in [-0.3, -0.25) is 0 Å². The Morgan fingerprint density at radius 1 is 1.12 bits per heavy atom. The third-order valence-electron chi connectivity index (χ3n) is 5.14. The number of H-pyrrole nitrogens is 1. The molecule has 1 N–H and O–H groups in total. The Labute approximate surface area is 204 Å². The maximum absolute atomic E-state index is 9.72. The van der Waals surface area contributed by atoms with Crippen LogP contribution in [-0.2, 0) is 6.61 Å². The van der Waals surface area contributed by atoms with Crippen molar-refractivity contribution in [3.63, 3.8) is 0 Å². The van der Waals surface area contributed by atoms with Crippen LogP contribution in [0.5, 0.6) is 5.75 Å². The fourth-order valence-electron chi connectivity index (χ4n) is 3.24. The number of hydrogen-bond donors (Lipinski definition) is 1. The maximum atomic E-state index is 9.72. The topological polar surface area (TPSA) is 61.7 Å². The van der Waals surface area contributed by atoms with Gasteiger partial charge in [-0.1, -0.05) is 35.3 Å². The molecule has 0 amide bonds. The van der Waals surface area contributed by atoms with Crippen LogP contribution in [0, 0.1) is 25.2 Å². The second-order valence-corrected chi connectivity index (χ2v) is 9.12. The molecule has 0 aliphatic carbocycles. The molecule has 0 aliphatic rings. The number of allylic oxidation sites excluding steroid dienone is 1. The fourth-order valence-corrected chi connectivity index (χ4v) is 4.21. The van der Waals surface area contributed by atoms with E-state index < -0.39 is 0 Å². The summed E-state index contributed by atoms with van der Waals surface area (Å²) in [5.41, 5.74) is 6.23. The molecule has 0 atom stereocenters. The van der Waals surface area contributed by atoms with Crippen LogP contribution in [0.25, 0.3) is 22.7 Å². The van der Waals surface area contributed by atoms with Crippen molar-refractivity contribution in [1.29, 1.82) is 5.26 Å². The van der Waals surface area contributed by atoms with E-state index in [0.29, 0.717) is 33.8 Å². The lowest BCUT2D eigenvalue weighted by Gasteiger charge is -2.10. The number of fused-ring (bicyclic) bond motifs is 1. The Bertz CT molecular complexity index is 1360. The Balaban J connectivity index is 1.56. The number of rotatable bonds is 5. The average Bonchev–Trinajstić information content (AvgIpc) is 3.15. The van der Waals surface area contributed by atoms with Gasteiger partial charge in [-0.25, -0.2) is 4.98 Å². The van der Waals surface area contributed by atoms with E-state index in [1.807, 2.05) is 43.3 Å². The van der Waals surface area contributed by atoms with Crippen LogP contribution >= 0.6 is 39.1 Å². The van der Waals surface area contributed by atoms with Gasteiger partial charge in [0, 0.05) is 15.6 Å². The molecule has 4 rings (SSSR count). The highest BCUT2D eigenvalue weighted by atomic mass is 79.9. The van der Waals surface area contributed by atoms with Gasteiger partial charge in [-0.2, -0.15) is 5.26 Å². The predicted octanol–water partition coefficient (Wildman–Crippen LogP) is 7.89. The molecule has 1 aromatic heterocycles. The van der Waals surface area contributed by atoms with Crippen molar-refractivity contribution in [2.45, 2.75) is 20.5 Å². The van der Waals surface area contributed by atoms with E-state index in [1.165, 1.54) is 5.56 Å². The normalized spacial score (nSPS) is 11.6. The third-order valence-corrected chi connectivity index (χ3v) is 6.34. The first kappa shape index (κ1) is 22.4. The second kappa shape index (κ2) is 9.38. The SMILES string of the molecule is Cc1cc2nc(/C(C#N)=C/c3ccc(OCc4ccc(Cl)cc4Cl)c(Br)c3)[nH]c2cc1C. The summed E-state index contributed by atoms with van der Waals surface area (Å²) in [6.07, 6.45) is 1.79. The number of nitriles is 1. The van der Waals surface area contributed by atoms with Crippen LogP contribution in [0.15, 0.2) is 53.0 Å². The molecule has 7 heteroatoms. The minimum Gasteiger partial charge on any atom is -0.488 e. The first-order valence-electron chi connectivity index (χ1n) is 9.79. The summed E-state index contributed by atoms with van der Waals surface area (Å²) in [6, 6.07) is 17.2. The number of aromatic amines is 1. The second-order valence-electron chi connectivity index (χ2n) is 7.42. The number of aromatic nitrogens is 2. The number of ether oxygens (including phenoxy) is 1. The zero-order valence-corrected chi connectivity index (χ0v) is 20.4. The lowest BCUT2D eigenvalue weighted by atomic mass is 10.1. The first-order valence-corrected chi connectivity index (χ1v) is 11.3. The minimum absolute atomic E-state index is 0.311. The van der Waals surface area contributed by atoms with Gasteiger partial charge in [0.2, 0.25) is 0 Å². The lowest BCUT2D eigenvalue weighted by molar-refractivity contribution is 0.304. The van der Waals surface area contributed by atoms with Crippen molar-refractivity contribution in [2.24, 2.45) is 0 Å². The van der Waals surface area contributed by atoms with E-state index in [0.717, 1.165) is 32.2 Å². The molecule has 0 aliphatic heterocycles.